The Hall–Kier alpha value is -2.48. The summed E-state index contributed by atoms with van der Waals surface area (Å²) in [5.74, 6) is 3.33. The van der Waals surface area contributed by atoms with Gasteiger partial charge in [-0.15, -0.1) is 0 Å². The predicted octanol–water partition coefficient (Wildman–Crippen LogP) is 0.918. The van der Waals surface area contributed by atoms with Crippen molar-refractivity contribution < 1.29 is 24.2 Å². The molecule has 1 aromatic rings. The fraction of sp³-hybridized carbons (Fsp3) is 0.167. The maximum absolute atomic E-state index is 10.8. The standard InChI is InChI=1S/C12H10O5/c1-16-10-7-9(12(14)15)4-3-8(10)5-6-11(13)17-2/h3-4,7H,1-2H3,(H,14,15). The van der Waals surface area contributed by atoms with Crippen molar-refractivity contribution >= 4 is 11.9 Å². The molecule has 0 radical (unpaired) electrons. The van der Waals surface area contributed by atoms with Gasteiger partial charge in [0.2, 0.25) is 0 Å². The minimum atomic E-state index is -1.06. The van der Waals surface area contributed by atoms with E-state index in [4.69, 9.17) is 9.84 Å². The number of esters is 1. The maximum atomic E-state index is 10.8. The van der Waals surface area contributed by atoms with Crippen molar-refractivity contribution in [1.29, 1.82) is 0 Å². The van der Waals surface area contributed by atoms with Crippen LogP contribution < -0.4 is 4.74 Å². The summed E-state index contributed by atoms with van der Waals surface area (Å²) in [4.78, 5) is 21.6. The fourth-order valence-corrected chi connectivity index (χ4v) is 1.10. The predicted molar refractivity (Wildman–Crippen MR) is 58.8 cm³/mol. The van der Waals surface area contributed by atoms with Gasteiger partial charge in [-0.25, -0.2) is 9.59 Å². The summed E-state index contributed by atoms with van der Waals surface area (Å²) < 4.78 is 9.34. The van der Waals surface area contributed by atoms with Gasteiger partial charge < -0.3 is 14.6 Å². The zero-order valence-electron chi connectivity index (χ0n) is 9.31. The van der Waals surface area contributed by atoms with Crippen molar-refractivity contribution in [1.82, 2.24) is 0 Å². The van der Waals surface area contributed by atoms with Gasteiger partial charge in [-0.1, -0.05) is 5.92 Å². The van der Waals surface area contributed by atoms with E-state index in [9.17, 15) is 9.59 Å². The van der Waals surface area contributed by atoms with E-state index in [0.29, 0.717) is 11.3 Å². The summed E-state index contributed by atoms with van der Waals surface area (Å²) in [5, 5.41) is 8.79. The number of carbonyl (C=O) groups is 2. The molecule has 0 fully saturated rings. The summed E-state index contributed by atoms with van der Waals surface area (Å²) in [6.07, 6.45) is 0. The molecule has 1 aromatic carbocycles. The molecule has 1 N–H and O–H groups in total. The number of carboxylic acid groups (broad SMARTS) is 1. The summed E-state index contributed by atoms with van der Waals surface area (Å²) >= 11 is 0. The lowest BCUT2D eigenvalue weighted by Gasteiger charge is -2.03. The third-order valence-corrected chi connectivity index (χ3v) is 1.93. The van der Waals surface area contributed by atoms with Crippen molar-refractivity contribution in [2.24, 2.45) is 0 Å². The lowest BCUT2D eigenvalue weighted by molar-refractivity contribution is -0.133. The van der Waals surface area contributed by atoms with Gasteiger partial charge in [-0.3, -0.25) is 0 Å². The molecule has 0 spiro atoms. The monoisotopic (exact) mass is 234 g/mol. The minimum absolute atomic E-state index is 0.0884. The van der Waals surface area contributed by atoms with E-state index >= 15 is 0 Å². The Bertz CT molecular complexity index is 507. The number of aromatic carboxylic acids is 1. The molecule has 0 bridgehead atoms. The second kappa shape index (κ2) is 5.56. The summed E-state index contributed by atoms with van der Waals surface area (Å²) in [5.41, 5.74) is 0.508. The Morgan fingerprint density at radius 2 is 2.00 bits per heavy atom. The zero-order valence-corrected chi connectivity index (χ0v) is 9.31. The third kappa shape index (κ3) is 3.24. The first-order valence-electron chi connectivity index (χ1n) is 4.59. The molecule has 1 rings (SSSR count). The van der Waals surface area contributed by atoms with E-state index < -0.39 is 11.9 Å². The second-order valence-corrected chi connectivity index (χ2v) is 2.96. The molecule has 0 amide bonds. The number of benzene rings is 1. The molecule has 0 heterocycles. The van der Waals surface area contributed by atoms with Crippen LogP contribution >= 0.6 is 0 Å². The molecule has 5 nitrogen and oxygen atoms in total. The molecule has 17 heavy (non-hydrogen) atoms. The molecule has 5 heteroatoms. The lowest BCUT2D eigenvalue weighted by atomic mass is 10.1. The molecule has 0 aliphatic carbocycles. The smallest absolute Gasteiger partial charge is 0.384 e. The van der Waals surface area contributed by atoms with Gasteiger partial charge in [0.1, 0.15) is 5.75 Å². The number of methoxy groups -OCH3 is 2. The fourth-order valence-electron chi connectivity index (χ4n) is 1.10. The first kappa shape index (κ1) is 12.6. The molecule has 0 saturated heterocycles. The molecule has 0 aliphatic heterocycles. The average Bonchev–Trinajstić information content (AvgIpc) is 2.35. The quantitative estimate of drug-likeness (QED) is 0.608. The average molecular weight is 234 g/mol. The van der Waals surface area contributed by atoms with Gasteiger partial charge in [-0.2, -0.15) is 0 Å². The number of hydrogen-bond acceptors (Lipinski definition) is 4. The minimum Gasteiger partial charge on any atom is -0.495 e. The van der Waals surface area contributed by atoms with Gasteiger partial charge in [0.25, 0.3) is 0 Å². The van der Waals surface area contributed by atoms with Gasteiger partial charge in [0.15, 0.2) is 0 Å². The molecule has 0 atom stereocenters. The largest absolute Gasteiger partial charge is 0.495 e. The normalized spacial score (nSPS) is 8.82. The molecule has 88 valence electrons. The first-order chi connectivity index (χ1) is 8.08. The Labute approximate surface area is 98.0 Å². The van der Waals surface area contributed by atoms with Gasteiger partial charge in [0.05, 0.1) is 25.3 Å². The van der Waals surface area contributed by atoms with Crippen LogP contribution in [0.2, 0.25) is 0 Å². The molecule has 0 aromatic heterocycles. The lowest BCUT2D eigenvalue weighted by Crippen LogP contribution is -1.99. The van der Waals surface area contributed by atoms with Crippen LogP contribution in [0.25, 0.3) is 0 Å². The zero-order chi connectivity index (χ0) is 12.8. The van der Waals surface area contributed by atoms with Gasteiger partial charge in [0, 0.05) is 5.92 Å². The third-order valence-electron chi connectivity index (χ3n) is 1.93. The van der Waals surface area contributed by atoms with Crippen LogP contribution in [0.4, 0.5) is 0 Å². The highest BCUT2D eigenvalue weighted by Crippen LogP contribution is 2.19. The van der Waals surface area contributed by atoms with E-state index in [1.54, 1.807) is 0 Å². The van der Waals surface area contributed by atoms with E-state index in [1.807, 2.05) is 0 Å². The molecule has 0 aliphatic rings. The Morgan fingerprint density at radius 3 is 2.53 bits per heavy atom. The van der Waals surface area contributed by atoms with Crippen molar-refractivity contribution in [2.45, 2.75) is 0 Å². The Kier molecular flexibility index (Phi) is 4.12. The highest BCUT2D eigenvalue weighted by Gasteiger charge is 2.07. The van der Waals surface area contributed by atoms with Crippen LogP contribution in [0.15, 0.2) is 18.2 Å². The highest BCUT2D eigenvalue weighted by molar-refractivity contribution is 5.90. The van der Waals surface area contributed by atoms with E-state index in [0.717, 1.165) is 0 Å². The Balaban J connectivity index is 3.12. The Morgan fingerprint density at radius 1 is 1.29 bits per heavy atom. The molecular weight excluding hydrogens is 224 g/mol. The van der Waals surface area contributed by atoms with Crippen LogP contribution in [0.1, 0.15) is 15.9 Å². The van der Waals surface area contributed by atoms with Gasteiger partial charge in [-0.05, 0) is 18.2 Å². The van der Waals surface area contributed by atoms with Crippen LogP contribution in [-0.4, -0.2) is 31.3 Å². The topological polar surface area (TPSA) is 72.8 Å². The number of rotatable bonds is 2. The number of hydrogen-bond donors (Lipinski definition) is 1. The van der Waals surface area contributed by atoms with Crippen LogP contribution in [0.3, 0.4) is 0 Å². The van der Waals surface area contributed by atoms with Gasteiger partial charge >= 0.3 is 11.9 Å². The highest BCUT2D eigenvalue weighted by atomic mass is 16.5. The molecular formula is C12H10O5. The summed E-state index contributed by atoms with van der Waals surface area (Å²) in [7, 11) is 2.62. The second-order valence-electron chi connectivity index (χ2n) is 2.96. The van der Waals surface area contributed by atoms with Crippen molar-refractivity contribution in [3.63, 3.8) is 0 Å². The van der Waals surface area contributed by atoms with Crippen LogP contribution in [-0.2, 0) is 9.53 Å². The number of carbonyl (C=O) groups excluding carboxylic acids is 1. The van der Waals surface area contributed by atoms with Crippen molar-refractivity contribution in [3.8, 4) is 17.6 Å². The van der Waals surface area contributed by atoms with Crippen LogP contribution in [0, 0.1) is 11.8 Å². The van der Waals surface area contributed by atoms with Crippen molar-refractivity contribution in [2.75, 3.05) is 14.2 Å². The van der Waals surface area contributed by atoms with Crippen molar-refractivity contribution in [3.05, 3.63) is 29.3 Å². The summed E-state index contributed by atoms with van der Waals surface area (Å²) in [6.45, 7) is 0. The first-order valence-corrected chi connectivity index (χ1v) is 4.59. The van der Waals surface area contributed by atoms with E-state index in [1.165, 1.54) is 32.4 Å². The molecule has 0 unspecified atom stereocenters. The maximum Gasteiger partial charge on any atom is 0.384 e. The van der Waals surface area contributed by atoms with E-state index in [-0.39, 0.29) is 5.56 Å². The number of carboxylic acids is 1. The van der Waals surface area contributed by atoms with E-state index in [2.05, 4.69) is 16.6 Å². The SMILES string of the molecule is COC(=O)C#Cc1ccc(C(=O)O)cc1OC. The number of ether oxygens (including phenoxy) is 2. The molecule has 0 saturated carbocycles. The summed E-state index contributed by atoms with van der Waals surface area (Å²) in [6, 6.07) is 4.19. The van der Waals surface area contributed by atoms with Crippen LogP contribution in [0.5, 0.6) is 5.75 Å².